The summed E-state index contributed by atoms with van der Waals surface area (Å²) in [5.41, 5.74) is 7.97. The quantitative estimate of drug-likeness (QED) is 0.910. The summed E-state index contributed by atoms with van der Waals surface area (Å²) in [6.45, 7) is 1.97. The number of aryl methyl sites for hydroxylation is 1. The van der Waals surface area contributed by atoms with Crippen LogP contribution in [-0.2, 0) is 4.79 Å². The van der Waals surface area contributed by atoms with Crippen LogP contribution in [-0.4, -0.2) is 10.9 Å². The van der Waals surface area contributed by atoms with Gasteiger partial charge in [0.2, 0.25) is 5.91 Å². The first-order valence-electron chi connectivity index (χ1n) is 5.81. The zero-order chi connectivity index (χ0) is 13.8. The van der Waals surface area contributed by atoms with Crippen molar-refractivity contribution in [2.24, 2.45) is 5.73 Å². The monoisotopic (exact) mass is 319 g/mol. The Balaban J connectivity index is 2.29. The smallest absolute Gasteiger partial charge is 0.246 e. The molecule has 5 heteroatoms. The second kappa shape index (κ2) is 5.84. The van der Waals surface area contributed by atoms with Crippen LogP contribution in [0.1, 0.15) is 17.3 Å². The number of carbonyl (C=O) groups excluding carboxylic acids is 1. The fourth-order valence-corrected chi connectivity index (χ4v) is 1.97. The van der Waals surface area contributed by atoms with Crippen molar-refractivity contribution in [1.29, 1.82) is 0 Å². The summed E-state index contributed by atoms with van der Waals surface area (Å²) in [4.78, 5) is 15.8. The molecule has 0 aliphatic carbocycles. The van der Waals surface area contributed by atoms with Gasteiger partial charge in [-0.25, -0.2) is 0 Å². The Bertz CT molecular complexity index is 583. The lowest BCUT2D eigenvalue weighted by Crippen LogP contribution is -2.28. The zero-order valence-corrected chi connectivity index (χ0v) is 12.0. The number of anilines is 1. The van der Waals surface area contributed by atoms with Gasteiger partial charge in [0, 0.05) is 16.4 Å². The number of nitrogens with one attached hydrogen (secondary N) is 1. The third kappa shape index (κ3) is 3.32. The number of para-hydroxylation sites is 1. The lowest BCUT2D eigenvalue weighted by molar-refractivity contribution is -0.118. The molecule has 2 rings (SSSR count). The SMILES string of the molecule is Cc1ccccc1NC(C(N)=O)c1ccc(Br)cn1. The number of carbonyl (C=O) groups is 1. The van der Waals surface area contributed by atoms with Crippen LogP contribution in [0.15, 0.2) is 47.1 Å². The Labute approximate surface area is 120 Å². The number of hydrogen-bond acceptors (Lipinski definition) is 3. The summed E-state index contributed by atoms with van der Waals surface area (Å²) >= 11 is 3.31. The number of nitrogens with zero attached hydrogens (tertiary/aromatic N) is 1. The Morgan fingerprint density at radius 2 is 2.05 bits per heavy atom. The summed E-state index contributed by atoms with van der Waals surface area (Å²) in [5.74, 6) is -0.460. The first kappa shape index (κ1) is 13.5. The topological polar surface area (TPSA) is 68.0 Å². The molecule has 2 aromatic rings. The van der Waals surface area contributed by atoms with Crippen molar-refractivity contribution >= 4 is 27.5 Å². The van der Waals surface area contributed by atoms with E-state index in [1.54, 1.807) is 12.3 Å². The lowest BCUT2D eigenvalue weighted by Gasteiger charge is -2.17. The number of rotatable bonds is 4. The zero-order valence-electron chi connectivity index (χ0n) is 10.4. The van der Waals surface area contributed by atoms with Gasteiger partial charge in [-0.3, -0.25) is 9.78 Å². The van der Waals surface area contributed by atoms with Crippen LogP contribution in [0.5, 0.6) is 0 Å². The molecule has 0 radical (unpaired) electrons. The van der Waals surface area contributed by atoms with E-state index in [0.29, 0.717) is 5.69 Å². The number of pyridine rings is 1. The van der Waals surface area contributed by atoms with Gasteiger partial charge in [-0.1, -0.05) is 18.2 Å². The van der Waals surface area contributed by atoms with Crippen LogP contribution < -0.4 is 11.1 Å². The Hall–Kier alpha value is -1.88. The third-order valence-corrected chi connectivity index (χ3v) is 3.24. The van der Waals surface area contributed by atoms with Crippen LogP contribution in [0.3, 0.4) is 0 Å². The predicted octanol–water partition coefficient (Wildman–Crippen LogP) is 2.79. The van der Waals surface area contributed by atoms with Crippen LogP contribution in [0.25, 0.3) is 0 Å². The number of aromatic nitrogens is 1. The van der Waals surface area contributed by atoms with Crippen LogP contribution >= 0.6 is 15.9 Å². The van der Waals surface area contributed by atoms with E-state index in [2.05, 4.69) is 26.2 Å². The maximum Gasteiger partial charge on any atom is 0.246 e. The molecule has 1 aromatic heterocycles. The minimum absolute atomic E-state index is 0.460. The molecule has 1 aromatic carbocycles. The summed E-state index contributed by atoms with van der Waals surface area (Å²) in [6, 6.07) is 10.7. The van der Waals surface area contributed by atoms with E-state index in [1.807, 2.05) is 37.3 Å². The number of nitrogens with two attached hydrogens (primary N) is 1. The highest BCUT2D eigenvalue weighted by molar-refractivity contribution is 9.10. The molecule has 1 amide bonds. The van der Waals surface area contributed by atoms with E-state index in [1.165, 1.54) is 0 Å². The lowest BCUT2D eigenvalue weighted by atomic mass is 10.1. The Morgan fingerprint density at radius 1 is 1.32 bits per heavy atom. The maximum absolute atomic E-state index is 11.6. The number of halogens is 1. The third-order valence-electron chi connectivity index (χ3n) is 2.78. The molecule has 0 bridgehead atoms. The molecule has 1 heterocycles. The fraction of sp³-hybridized carbons (Fsp3) is 0.143. The van der Waals surface area contributed by atoms with Crippen molar-refractivity contribution in [2.45, 2.75) is 13.0 Å². The second-order valence-electron chi connectivity index (χ2n) is 4.20. The fourth-order valence-electron chi connectivity index (χ4n) is 1.74. The molecule has 0 fully saturated rings. The largest absolute Gasteiger partial charge is 0.369 e. The van der Waals surface area contributed by atoms with Gasteiger partial charge in [0.15, 0.2) is 0 Å². The molecule has 98 valence electrons. The summed E-state index contributed by atoms with van der Waals surface area (Å²) < 4.78 is 0.857. The number of hydrogen-bond donors (Lipinski definition) is 2. The predicted molar refractivity (Wildman–Crippen MR) is 78.7 cm³/mol. The molecule has 0 aliphatic heterocycles. The number of amides is 1. The Kier molecular flexibility index (Phi) is 4.16. The summed E-state index contributed by atoms with van der Waals surface area (Å²) in [5, 5.41) is 3.13. The Morgan fingerprint density at radius 3 is 2.63 bits per heavy atom. The molecule has 0 saturated carbocycles. The number of benzene rings is 1. The molecule has 3 N–H and O–H groups in total. The van der Waals surface area contributed by atoms with E-state index in [4.69, 9.17) is 5.73 Å². The van der Waals surface area contributed by atoms with Crippen molar-refractivity contribution in [3.63, 3.8) is 0 Å². The van der Waals surface area contributed by atoms with Gasteiger partial charge in [-0.15, -0.1) is 0 Å². The van der Waals surface area contributed by atoms with Gasteiger partial charge in [-0.2, -0.15) is 0 Å². The molecule has 0 aliphatic rings. The van der Waals surface area contributed by atoms with Crippen molar-refractivity contribution in [3.05, 3.63) is 58.3 Å². The molecule has 1 atom stereocenters. The maximum atomic E-state index is 11.6. The molecule has 0 spiro atoms. The first-order valence-corrected chi connectivity index (χ1v) is 6.60. The molecule has 1 unspecified atom stereocenters. The highest BCUT2D eigenvalue weighted by Gasteiger charge is 2.19. The molecule has 4 nitrogen and oxygen atoms in total. The van der Waals surface area contributed by atoms with E-state index in [9.17, 15) is 4.79 Å². The van der Waals surface area contributed by atoms with Gasteiger partial charge >= 0.3 is 0 Å². The molecular formula is C14H14BrN3O. The van der Waals surface area contributed by atoms with Crippen molar-refractivity contribution in [1.82, 2.24) is 4.98 Å². The average molecular weight is 320 g/mol. The average Bonchev–Trinajstić information content (AvgIpc) is 2.39. The van der Waals surface area contributed by atoms with Crippen molar-refractivity contribution < 1.29 is 4.79 Å². The molecule has 19 heavy (non-hydrogen) atoms. The van der Waals surface area contributed by atoms with Gasteiger partial charge in [0.05, 0.1) is 5.69 Å². The highest BCUT2D eigenvalue weighted by atomic mass is 79.9. The van der Waals surface area contributed by atoms with Crippen LogP contribution in [0, 0.1) is 6.92 Å². The standard InChI is InChI=1S/C14H14BrN3O/c1-9-4-2-3-5-11(9)18-13(14(16)19)12-7-6-10(15)8-17-12/h2-8,13,18H,1H3,(H2,16,19). The van der Waals surface area contributed by atoms with Crippen molar-refractivity contribution in [2.75, 3.05) is 5.32 Å². The second-order valence-corrected chi connectivity index (χ2v) is 5.11. The van der Waals surface area contributed by atoms with E-state index in [-0.39, 0.29) is 0 Å². The van der Waals surface area contributed by atoms with Crippen LogP contribution in [0.2, 0.25) is 0 Å². The molecular weight excluding hydrogens is 306 g/mol. The van der Waals surface area contributed by atoms with E-state index < -0.39 is 11.9 Å². The first-order chi connectivity index (χ1) is 9.08. The van der Waals surface area contributed by atoms with Gasteiger partial charge in [-0.05, 0) is 46.6 Å². The number of primary amides is 1. The normalized spacial score (nSPS) is 11.9. The van der Waals surface area contributed by atoms with Crippen LogP contribution in [0.4, 0.5) is 5.69 Å². The minimum atomic E-state index is -0.644. The summed E-state index contributed by atoms with van der Waals surface area (Å²) in [7, 11) is 0. The minimum Gasteiger partial charge on any atom is -0.369 e. The van der Waals surface area contributed by atoms with Gasteiger partial charge < -0.3 is 11.1 Å². The van der Waals surface area contributed by atoms with Gasteiger partial charge in [0.1, 0.15) is 6.04 Å². The highest BCUT2D eigenvalue weighted by Crippen LogP contribution is 2.21. The van der Waals surface area contributed by atoms with E-state index >= 15 is 0 Å². The van der Waals surface area contributed by atoms with Crippen molar-refractivity contribution in [3.8, 4) is 0 Å². The molecule has 0 saturated heterocycles. The van der Waals surface area contributed by atoms with Gasteiger partial charge in [0.25, 0.3) is 0 Å². The summed E-state index contributed by atoms with van der Waals surface area (Å²) in [6.07, 6.45) is 1.64. The van der Waals surface area contributed by atoms with E-state index in [0.717, 1.165) is 15.7 Å².